The number of nitrogens with one attached hydrogen (secondary N) is 1. The van der Waals surface area contributed by atoms with Gasteiger partial charge in [-0.25, -0.2) is 13.1 Å². The first-order valence-corrected chi connectivity index (χ1v) is 8.22. The first-order valence-electron chi connectivity index (χ1n) is 5.94. The lowest BCUT2D eigenvalue weighted by atomic mass is 10.2. The molecule has 2 rings (SSSR count). The van der Waals surface area contributed by atoms with Gasteiger partial charge in [-0.2, -0.15) is 13.2 Å². The number of benzene rings is 1. The molecule has 0 radical (unpaired) electrons. The highest BCUT2D eigenvalue weighted by Gasteiger charge is 2.32. The monoisotopic (exact) mass is 408 g/mol. The van der Waals surface area contributed by atoms with Crippen LogP contribution < -0.4 is 4.72 Å². The minimum absolute atomic E-state index is 0.0603. The molecule has 0 fully saturated rings. The fourth-order valence-corrected chi connectivity index (χ4v) is 3.00. The SMILES string of the molecule is O=C(NS(=O)(=O)c1cccc(C(F)(F)F)c1)c1cncc(Br)c1. The van der Waals surface area contributed by atoms with Gasteiger partial charge in [0.2, 0.25) is 0 Å². The highest BCUT2D eigenvalue weighted by Crippen LogP contribution is 2.30. The minimum atomic E-state index is -4.69. The van der Waals surface area contributed by atoms with Crippen molar-refractivity contribution < 1.29 is 26.4 Å². The summed E-state index contributed by atoms with van der Waals surface area (Å²) in [6.07, 6.45) is -2.18. The second-order valence-electron chi connectivity index (χ2n) is 4.35. The van der Waals surface area contributed by atoms with Gasteiger partial charge < -0.3 is 0 Å². The normalized spacial score (nSPS) is 12.0. The van der Waals surface area contributed by atoms with E-state index in [1.807, 2.05) is 0 Å². The molecular weight excluding hydrogens is 401 g/mol. The average molecular weight is 409 g/mol. The third-order valence-corrected chi connectivity index (χ3v) is 4.43. The summed E-state index contributed by atoms with van der Waals surface area (Å²) in [4.78, 5) is 14.9. The van der Waals surface area contributed by atoms with Gasteiger partial charge in [-0.05, 0) is 40.2 Å². The van der Waals surface area contributed by atoms with E-state index in [1.165, 1.54) is 12.3 Å². The van der Waals surface area contributed by atoms with Crippen LogP contribution in [0.5, 0.6) is 0 Å². The highest BCUT2D eigenvalue weighted by atomic mass is 79.9. The number of nitrogens with zero attached hydrogens (tertiary/aromatic N) is 1. The number of aromatic nitrogens is 1. The van der Waals surface area contributed by atoms with E-state index in [0.717, 1.165) is 24.4 Å². The predicted molar refractivity (Wildman–Crippen MR) is 78.0 cm³/mol. The van der Waals surface area contributed by atoms with E-state index in [9.17, 15) is 26.4 Å². The lowest BCUT2D eigenvalue weighted by molar-refractivity contribution is -0.137. The Labute approximate surface area is 137 Å². The zero-order valence-corrected chi connectivity index (χ0v) is 13.5. The Morgan fingerprint density at radius 2 is 1.87 bits per heavy atom. The number of hydrogen-bond acceptors (Lipinski definition) is 4. The summed E-state index contributed by atoms with van der Waals surface area (Å²) < 4.78 is 64.1. The van der Waals surface area contributed by atoms with Crippen LogP contribution in [-0.2, 0) is 16.2 Å². The van der Waals surface area contributed by atoms with Crippen LogP contribution in [0.4, 0.5) is 13.2 Å². The molecule has 0 spiro atoms. The number of sulfonamides is 1. The van der Waals surface area contributed by atoms with Crippen molar-refractivity contribution in [3.8, 4) is 0 Å². The molecule has 0 aliphatic rings. The second-order valence-corrected chi connectivity index (χ2v) is 6.95. The fraction of sp³-hybridized carbons (Fsp3) is 0.0769. The van der Waals surface area contributed by atoms with E-state index in [4.69, 9.17) is 0 Å². The van der Waals surface area contributed by atoms with E-state index in [2.05, 4.69) is 20.9 Å². The molecule has 10 heteroatoms. The van der Waals surface area contributed by atoms with Crippen LogP contribution in [-0.4, -0.2) is 19.3 Å². The Kier molecular flexibility index (Phi) is 4.76. The second kappa shape index (κ2) is 6.28. The van der Waals surface area contributed by atoms with Gasteiger partial charge in [-0.1, -0.05) is 6.07 Å². The van der Waals surface area contributed by atoms with Crippen molar-refractivity contribution in [1.29, 1.82) is 0 Å². The minimum Gasteiger partial charge on any atom is -0.268 e. The van der Waals surface area contributed by atoms with Gasteiger partial charge >= 0.3 is 6.18 Å². The van der Waals surface area contributed by atoms with Crippen molar-refractivity contribution in [2.45, 2.75) is 11.1 Å². The zero-order valence-electron chi connectivity index (χ0n) is 11.1. The third-order valence-electron chi connectivity index (χ3n) is 2.67. The third kappa shape index (κ3) is 4.29. The summed E-state index contributed by atoms with van der Waals surface area (Å²) >= 11 is 3.07. The van der Waals surface area contributed by atoms with Gasteiger partial charge in [0.15, 0.2) is 0 Å². The number of hydrogen-bond donors (Lipinski definition) is 1. The van der Waals surface area contributed by atoms with Gasteiger partial charge in [-0.15, -0.1) is 0 Å². The van der Waals surface area contributed by atoms with Crippen molar-refractivity contribution in [1.82, 2.24) is 9.71 Å². The zero-order chi connectivity index (χ0) is 17.3. The van der Waals surface area contributed by atoms with E-state index in [0.29, 0.717) is 10.5 Å². The fourth-order valence-electron chi connectivity index (χ4n) is 1.62. The molecule has 0 saturated carbocycles. The van der Waals surface area contributed by atoms with Crippen molar-refractivity contribution >= 4 is 31.9 Å². The Balaban J connectivity index is 2.31. The largest absolute Gasteiger partial charge is 0.416 e. The van der Waals surface area contributed by atoms with Crippen LogP contribution in [0.1, 0.15) is 15.9 Å². The topological polar surface area (TPSA) is 76.1 Å². The Morgan fingerprint density at radius 3 is 2.48 bits per heavy atom. The molecule has 2 aromatic rings. The molecule has 1 aromatic carbocycles. The molecular formula is C13H8BrF3N2O3S. The van der Waals surface area contributed by atoms with Crippen LogP contribution in [0.3, 0.4) is 0 Å². The summed E-state index contributed by atoms with van der Waals surface area (Å²) in [5, 5.41) is 0. The summed E-state index contributed by atoms with van der Waals surface area (Å²) in [6, 6.07) is 4.42. The van der Waals surface area contributed by atoms with Crippen LogP contribution >= 0.6 is 15.9 Å². The number of pyridine rings is 1. The molecule has 1 aromatic heterocycles. The Morgan fingerprint density at radius 1 is 1.17 bits per heavy atom. The number of carbonyl (C=O) groups excluding carboxylic acids is 1. The van der Waals surface area contributed by atoms with E-state index in [1.54, 1.807) is 4.72 Å². The van der Waals surface area contributed by atoms with Crippen molar-refractivity contribution in [3.05, 3.63) is 58.3 Å². The van der Waals surface area contributed by atoms with Crippen LogP contribution in [0, 0.1) is 0 Å². The lowest BCUT2D eigenvalue weighted by Gasteiger charge is -2.10. The smallest absolute Gasteiger partial charge is 0.268 e. The molecule has 23 heavy (non-hydrogen) atoms. The molecule has 0 unspecified atom stereocenters. The molecule has 1 amide bonds. The van der Waals surface area contributed by atoms with Gasteiger partial charge in [-0.3, -0.25) is 9.78 Å². The highest BCUT2D eigenvalue weighted by molar-refractivity contribution is 9.10. The van der Waals surface area contributed by atoms with Crippen LogP contribution in [0.2, 0.25) is 0 Å². The maximum absolute atomic E-state index is 12.6. The van der Waals surface area contributed by atoms with Crippen molar-refractivity contribution in [3.63, 3.8) is 0 Å². The first kappa shape index (κ1) is 17.4. The standard InChI is InChI=1S/C13H8BrF3N2O3S/c14-10-4-8(6-18-7-10)12(20)19-23(21,22)11-3-1-2-9(5-11)13(15,16)17/h1-7H,(H,19,20). The van der Waals surface area contributed by atoms with Crippen LogP contribution in [0.15, 0.2) is 52.1 Å². The van der Waals surface area contributed by atoms with Gasteiger partial charge in [0.25, 0.3) is 15.9 Å². The quantitative estimate of drug-likeness (QED) is 0.846. The molecule has 0 aliphatic carbocycles. The molecule has 1 heterocycles. The van der Waals surface area contributed by atoms with Gasteiger partial charge in [0, 0.05) is 16.9 Å². The average Bonchev–Trinajstić information content (AvgIpc) is 2.46. The molecule has 1 N–H and O–H groups in total. The number of carbonyl (C=O) groups is 1. The van der Waals surface area contributed by atoms with E-state index < -0.39 is 32.6 Å². The summed E-state index contributed by atoms with van der Waals surface area (Å²) in [7, 11) is -4.45. The molecule has 0 bridgehead atoms. The summed E-state index contributed by atoms with van der Waals surface area (Å²) in [5.74, 6) is -1.00. The van der Waals surface area contributed by atoms with E-state index in [-0.39, 0.29) is 5.56 Å². The first-order chi connectivity index (χ1) is 10.6. The van der Waals surface area contributed by atoms with Crippen molar-refractivity contribution in [2.75, 3.05) is 0 Å². The molecule has 0 atom stereocenters. The van der Waals surface area contributed by atoms with Gasteiger partial charge in [0.1, 0.15) is 0 Å². The Bertz CT molecular complexity index is 854. The molecule has 0 aliphatic heterocycles. The van der Waals surface area contributed by atoms with Gasteiger partial charge in [0.05, 0.1) is 16.0 Å². The lowest BCUT2D eigenvalue weighted by Crippen LogP contribution is -2.30. The molecule has 122 valence electrons. The maximum atomic E-state index is 12.6. The van der Waals surface area contributed by atoms with Crippen LogP contribution in [0.25, 0.3) is 0 Å². The molecule has 5 nitrogen and oxygen atoms in total. The maximum Gasteiger partial charge on any atom is 0.416 e. The Hall–Kier alpha value is -1.94. The molecule has 0 saturated heterocycles. The van der Waals surface area contributed by atoms with E-state index >= 15 is 0 Å². The van der Waals surface area contributed by atoms with Crippen molar-refractivity contribution in [2.24, 2.45) is 0 Å². The number of alkyl halides is 3. The predicted octanol–water partition coefficient (Wildman–Crippen LogP) is 2.98. The summed E-state index contributed by atoms with van der Waals surface area (Å²) in [5.41, 5.74) is -1.19. The number of amides is 1. The number of halogens is 4. The number of rotatable bonds is 3. The summed E-state index contributed by atoms with van der Waals surface area (Å²) in [6.45, 7) is 0.